The highest BCUT2D eigenvalue weighted by Crippen LogP contribution is 2.43. The number of likely N-dealkylation sites (tertiary alicyclic amines) is 1. The molecule has 3 aromatic rings. The van der Waals surface area contributed by atoms with E-state index in [1.54, 1.807) is 31.5 Å². The number of nitrogens with zero attached hydrogens (tertiary/aromatic N) is 2. The molecule has 1 saturated carbocycles. The zero-order valence-electron chi connectivity index (χ0n) is 21.8. The number of aliphatic hydroxyl groups is 1. The predicted molar refractivity (Wildman–Crippen MR) is 141 cm³/mol. The summed E-state index contributed by atoms with van der Waals surface area (Å²) in [5.74, 6) is -0.509. The normalized spacial score (nSPS) is 24.7. The molecule has 39 heavy (non-hydrogen) atoms. The molecule has 2 fully saturated rings. The van der Waals surface area contributed by atoms with Gasteiger partial charge in [0, 0.05) is 24.2 Å². The Bertz CT molecular complexity index is 1310. The number of ether oxygens (including phenoxy) is 1. The predicted octanol–water partition coefficient (Wildman–Crippen LogP) is 6.04. The maximum atomic E-state index is 12.9. The van der Waals surface area contributed by atoms with Crippen LogP contribution in [0.2, 0.25) is 0 Å². The SMILES string of the molecule is COc1ccc2nccc(C(O)CC[C@@H]3CCN(C4CC(c5ccc(C(F)(F)F)cc5)C4)C[C@@H]3C(=O)O)c2c1. The Balaban J connectivity index is 1.17. The minimum absolute atomic E-state index is 0.0400. The molecule has 3 atom stereocenters. The van der Waals surface area contributed by atoms with E-state index in [4.69, 9.17) is 4.74 Å². The lowest BCUT2D eigenvalue weighted by atomic mass is 9.73. The highest BCUT2D eigenvalue weighted by Gasteiger charge is 2.41. The number of pyridine rings is 1. The quantitative estimate of drug-likeness (QED) is 0.361. The number of carboxylic acids is 1. The molecule has 0 radical (unpaired) electrons. The van der Waals surface area contributed by atoms with E-state index in [0.717, 1.165) is 60.0 Å². The van der Waals surface area contributed by atoms with Gasteiger partial charge in [0.15, 0.2) is 0 Å². The van der Waals surface area contributed by atoms with Gasteiger partial charge < -0.3 is 14.9 Å². The van der Waals surface area contributed by atoms with E-state index in [1.807, 2.05) is 18.2 Å². The lowest BCUT2D eigenvalue weighted by Gasteiger charge is -2.47. The van der Waals surface area contributed by atoms with Crippen LogP contribution in [0.5, 0.6) is 5.75 Å². The first-order chi connectivity index (χ1) is 18.6. The van der Waals surface area contributed by atoms with Gasteiger partial charge in [-0.25, -0.2) is 0 Å². The first-order valence-corrected chi connectivity index (χ1v) is 13.4. The molecule has 1 saturated heterocycles. The molecule has 2 N–H and O–H groups in total. The first-order valence-electron chi connectivity index (χ1n) is 13.4. The Morgan fingerprint density at radius 1 is 1.15 bits per heavy atom. The summed E-state index contributed by atoms with van der Waals surface area (Å²) in [4.78, 5) is 18.8. The van der Waals surface area contributed by atoms with Crippen LogP contribution in [-0.4, -0.2) is 52.3 Å². The van der Waals surface area contributed by atoms with Crippen LogP contribution in [0.1, 0.15) is 60.8 Å². The summed E-state index contributed by atoms with van der Waals surface area (Å²) in [7, 11) is 1.59. The van der Waals surface area contributed by atoms with Crippen molar-refractivity contribution in [1.29, 1.82) is 0 Å². The number of aliphatic hydroxyl groups excluding tert-OH is 1. The molecule has 2 aromatic carbocycles. The number of hydrogen-bond acceptors (Lipinski definition) is 5. The van der Waals surface area contributed by atoms with Crippen molar-refractivity contribution >= 4 is 16.9 Å². The van der Waals surface area contributed by atoms with Crippen LogP contribution in [0, 0.1) is 11.8 Å². The Hall–Kier alpha value is -3.17. The van der Waals surface area contributed by atoms with E-state index >= 15 is 0 Å². The van der Waals surface area contributed by atoms with Gasteiger partial charge in [0.1, 0.15) is 5.75 Å². The fourth-order valence-electron chi connectivity index (χ4n) is 6.18. The molecular formula is C30H33F3N2O4. The number of alkyl halides is 3. The van der Waals surface area contributed by atoms with Crippen LogP contribution < -0.4 is 4.74 Å². The number of carbonyl (C=O) groups is 1. The standard InChI is InChI=1S/C30H33F3N2O4/c1-39-23-7-8-27-25(16-23)24(10-12-34-27)28(36)9-4-19-11-13-35(17-26(19)29(37)38)22-14-20(15-22)18-2-5-21(6-3-18)30(31,32)33/h2-3,5-8,10,12,16,19-20,22,26,28,36H,4,9,11,13-15,17H2,1H3,(H,37,38)/t19-,20?,22?,26+,28?/m1/s1. The third-order valence-electron chi connectivity index (χ3n) is 8.60. The number of benzene rings is 2. The molecule has 1 aliphatic carbocycles. The lowest BCUT2D eigenvalue weighted by Crippen LogP contribution is -2.52. The average Bonchev–Trinajstić information content (AvgIpc) is 2.90. The topological polar surface area (TPSA) is 82.9 Å². The third-order valence-corrected chi connectivity index (χ3v) is 8.60. The Labute approximate surface area is 225 Å². The van der Waals surface area contributed by atoms with Gasteiger partial charge in [0.05, 0.1) is 30.2 Å². The second-order valence-corrected chi connectivity index (χ2v) is 10.8. The molecule has 208 valence electrons. The van der Waals surface area contributed by atoms with Crippen LogP contribution >= 0.6 is 0 Å². The van der Waals surface area contributed by atoms with Crippen molar-refractivity contribution in [1.82, 2.24) is 9.88 Å². The van der Waals surface area contributed by atoms with Crippen molar-refractivity contribution in [2.45, 2.75) is 56.3 Å². The molecule has 2 aliphatic rings. The second-order valence-electron chi connectivity index (χ2n) is 10.8. The minimum atomic E-state index is -4.34. The average molecular weight is 543 g/mol. The summed E-state index contributed by atoms with van der Waals surface area (Å²) in [5, 5.41) is 21.9. The van der Waals surface area contributed by atoms with Gasteiger partial charge in [0.2, 0.25) is 0 Å². The van der Waals surface area contributed by atoms with E-state index in [1.165, 1.54) is 0 Å². The van der Waals surface area contributed by atoms with Crippen LogP contribution in [0.4, 0.5) is 13.2 Å². The highest BCUT2D eigenvalue weighted by atomic mass is 19.4. The van der Waals surface area contributed by atoms with E-state index in [2.05, 4.69) is 9.88 Å². The molecule has 1 aromatic heterocycles. The molecule has 1 unspecified atom stereocenters. The summed E-state index contributed by atoms with van der Waals surface area (Å²) >= 11 is 0. The van der Waals surface area contributed by atoms with Gasteiger partial charge in [-0.3, -0.25) is 14.7 Å². The number of piperidine rings is 1. The van der Waals surface area contributed by atoms with Gasteiger partial charge in [-0.1, -0.05) is 12.1 Å². The van der Waals surface area contributed by atoms with Crippen molar-refractivity contribution in [3.63, 3.8) is 0 Å². The Kier molecular flexibility index (Phi) is 7.82. The van der Waals surface area contributed by atoms with Crippen LogP contribution in [0.15, 0.2) is 54.7 Å². The summed E-state index contributed by atoms with van der Waals surface area (Å²) in [6.45, 7) is 1.24. The fourth-order valence-corrected chi connectivity index (χ4v) is 6.18. The molecule has 5 rings (SSSR count). The largest absolute Gasteiger partial charge is 0.497 e. The maximum absolute atomic E-state index is 12.9. The number of aliphatic carboxylic acids is 1. The van der Waals surface area contributed by atoms with E-state index in [-0.39, 0.29) is 17.9 Å². The Morgan fingerprint density at radius 2 is 1.90 bits per heavy atom. The van der Waals surface area contributed by atoms with Crippen molar-refractivity contribution in [3.8, 4) is 5.75 Å². The molecule has 0 amide bonds. The Morgan fingerprint density at radius 3 is 2.56 bits per heavy atom. The van der Waals surface area contributed by atoms with Crippen molar-refractivity contribution < 1.29 is 32.9 Å². The van der Waals surface area contributed by atoms with Crippen LogP contribution in [-0.2, 0) is 11.0 Å². The van der Waals surface area contributed by atoms with E-state index in [0.29, 0.717) is 25.1 Å². The number of methoxy groups -OCH3 is 1. The van der Waals surface area contributed by atoms with Gasteiger partial charge in [-0.15, -0.1) is 0 Å². The zero-order chi connectivity index (χ0) is 27.7. The number of fused-ring (bicyclic) bond motifs is 1. The van der Waals surface area contributed by atoms with Gasteiger partial charge in [0.25, 0.3) is 0 Å². The second kappa shape index (κ2) is 11.1. The molecule has 6 nitrogen and oxygen atoms in total. The number of aromatic nitrogens is 1. The van der Waals surface area contributed by atoms with Crippen LogP contribution in [0.3, 0.4) is 0 Å². The van der Waals surface area contributed by atoms with Crippen LogP contribution in [0.25, 0.3) is 10.9 Å². The van der Waals surface area contributed by atoms with Crippen molar-refractivity contribution in [3.05, 3.63) is 71.4 Å². The number of rotatable bonds is 8. The van der Waals surface area contributed by atoms with Gasteiger partial charge >= 0.3 is 12.1 Å². The highest BCUT2D eigenvalue weighted by molar-refractivity contribution is 5.83. The van der Waals surface area contributed by atoms with Gasteiger partial charge in [-0.05, 0) is 98.0 Å². The van der Waals surface area contributed by atoms with Crippen molar-refractivity contribution in [2.24, 2.45) is 11.8 Å². The third kappa shape index (κ3) is 5.89. The van der Waals surface area contributed by atoms with Gasteiger partial charge in [-0.2, -0.15) is 13.2 Å². The smallest absolute Gasteiger partial charge is 0.416 e. The maximum Gasteiger partial charge on any atom is 0.416 e. The first kappa shape index (κ1) is 27.4. The summed E-state index contributed by atoms with van der Waals surface area (Å²) in [6, 6.07) is 13.0. The van der Waals surface area contributed by atoms with E-state index < -0.39 is 29.7 Å². The molecular weight excluding hydrogens is 509 g/mol. The zero-order valence-corrected chi connectivity index (χ0v) is 21.8. The fraction of sp³-hybridized carbons (Fsp3) is 0.467. The summed E-state index contributed by atoms with van der Waals surface area (Å²) in [5.41, 5.74) is 1.78. The lowest BCUT2D eigenvalue weighted by molar-refractivity contribution is -0.147. The van der Waals surface area contributed by atoms with E-state index in [9.17, 15) is 28.2 Å². The molecule has 0 bridgehead atoms. The monoisotopic (exact) mass is 542 g/mol. The molecule has 0 spiro atoms. The molecule has 1 aliphatic heterocycles. The summed E-state index contributed by atoms with van der Waals surface area (Å²) < 4.78 is 43.9. The number of carboxylic acid groups (broad SMARTS) is 1. The number of hydrogen-bond donors (Lipinski definition) is 2. The van der Waals surface area contributed by atoms with Crippen molar-refractivity contribution in [2.75, 3.05) is 20.2 Å². The number of halogens is 3. The summed E-state index contributed by atoms with van der Waals surface area (Å²) in [6.07, 6.45) is -0.00102. The molecule has 9 heteroatoms. The minimum Gasteiger partial charge on any atom is -0.497 e. The molecule has 2 heterocycles.